The number of fused-ring (bicyclic) bond motifs is 5. The Morgan fingerprint density at radius 3 is 2.55 bits per heavy atom. The molecule has 51 heavy (non-hydrogen) atoms. The highest BCUT2D eigenvalue weighted by molar-refractivity contribution is 8.76. The van der Waals surface area contributed by atoms with Gasteiger partial charge in [0.25, 0.3) is 0 Å². The first kappa shape index (κ1) is 36.2. The van der Waals surface area contributed by atoms with Crippen LogP contribution in [0, 0.1) is 11.8 Å². The molecule has 0 amide bonds. The third-order valence-electron chi connectivity index (χ3n) is 11.3. The minimum absolute atomic E-state index is 0.0488. The quantitative estimate of drug-likeness (QED) is 0.137. The number of rotatable bonds is 9. The van der Waals surface area contributed by atoms with E-state index in [-0.39, 0.29) is 59.0 Å². The molecule has 0 radical (unpaired) electrons. The van der Waals surface area contributed by atoms with Crippen molar-refractivity contribution in [2.45, 2.75) is 94.5 Å². The molecule has 5 N–H and O–H groups in total. The van der Waals surface area contributed by atoms with Crippen LogP contribution in [0.15, 0.2) is 30.3 Å². The third kappa shape index (κ3) is 6.46. The van der Waals surface area contributed by atoms with E-state index in [1.165, 1.54) is 7.11 Å². The molecule has 2 aliphatic heterocycles. The fraction of sp³-hybridized carbons (Fsp3) is 0.550. The van der Waals surface area contributed by atoms with Crippen LogP contribution in [0.3, 0.4) is 0 Å². The largest absolute Gasteiger partial charge is 0.508 e. The number of hydrogen-bond donors (Lipinski definition) is 5. The van der Waals surface area contributed by atoms with E-state index in [1.54, 1.807) is 12.1 Å². The van der Waals surface area contributed by atoms with Crippen LogP contribution < -0.4 is 18.9 Å². The Kier molecular flexibility index (Phi) is 10.5. The van der Waals surface area contributed by atoms with Crippen molar-refractivity contribution in [3.63, 3.8) is 0 Å². The van der Waals surface area contributed by atoms with Gasteiger partial charge < -0.3 is 44.5 Å². The molecule has 3 aromatic carbocycles. The predicted molar refractivity (Wildman–Crippen MR) is 201 cm³/mol. The van der Waals surface area contributed by atoms with E-state index in [2.05, 4.69) is 20.8 Å². The first-order valence-electron chi connectivity index (χ1n) is 18.3. The van der Waals surface area contributed by atoms with Gasteiger partial charge in [-0.25, -0.2) is 0 Å². The standard InChI is InChI=1S/C40H50O9S2/c1-21(2)10-14-47-31-19-28(36(43)38(46-4)37(31)44)40-12-9-32-35(39(40)45)34-27-17-23(6-5-22(3)11-16-50-51-32)26-18-24(42)7-8-25(26)33(27)29(48-15-13-41)20-30(34)49-40/h7-8,18-23,32,35,39,41-45H,5-6,9-17H2,1-4H3/t22-,23-,32+,35-,39-,40+/m1/s1. The lowest BCUT2D eigenvalue weighted by atomic mass is 9.64. The van der Waals surface area contributed by atoms with Crippen LogP contribution in [0.1, 0.15) is 93.4 Å². The Bertz CT molecular complexity index is 1760. The molecule has 4 aliphatic rings. The molecule has 11 heteroatoms. The van der Waals surface area contributed by atoms with Gasteiger partial charge in [0, 0.05) is 39.7 Å². The fourth-order valence-electron chi connectivity index (χ4n) is 8.60. The number of ether oxygens (including phenoxy) is 4. The Morgan fingerprint density at radius 1 is 0.980 bits per heavy atom. The lowest BCUT2D eigenvalue weighted by molar-refractivity contribution is -0.112. The fourth-order valence-corrected chi connectivity index (χ4v) is 11.7. The van der Waals surface area contributed by atoms with E-state index in [0.29, 0.717) is 54.8 Å². The summed E-state index contributed by atoms with van der Waals surface area (Å²) in [6, 6.07) is 9.04. The van der Waals surface area contributed by atoms with Crippen molar-refractivity contribution in [2.24, 2.45) is 11.8 Å². The highest BCUT2D eigenvalue weighted by Gasteiger charge is 2.59. The number of phenolic OH excluding ortho intramolecular Hbond substituents is 3. The van der Waals surface area contributed by atoms with E-state index in [1.807, 2.05) is 39.8 Å². The maximum atomic E-state index is 12.8. The van der Waals surface area contributed by atoms with Crippen LogP contribution in [0.25, 0.3) is 11.1 Å². The van der Waals surface area contributed by atoms with E-state index in [0.717, 1.165) is 59.3 Å². The van der Waals surface area contributed by atoms with Gasteiger partial charge in [-0.05, 0) is 91.2 Å². The molecule has 0 saturated heterocycles. The molecule has 2 aliphatic carbocycles. The van der Waals surface area contributed by atoms with Crippen molar-refractivity contribution in [1.82, 2.24) is 0 Å². The van der Waals surface area contributed by atoms with Crippen molar-refractivity contribution >= 4 is 21.6 Å². The summed E-state index contributed by atoms with van der Waals surface area (Å²) >= 11 is 0. The normalized spacial score (nSPS) is 26.7. The van der Waals surface area contributed by atoms with Crippen LogP contribution in [-0.4, -0.2) is 69.6 Å². The van der Waals surface area contributed by atoms with Crippen LogP contribution in [-0.2, 0) is 12.0 Å². The zero-order chi connectivity index (χ0) is 36.0. The Morgan fingerprint density at radius 2 is 1.78 bits per heavy atom. The number of aromatic hydroxyl groups is 3. The van der Waals surface area contributed by atoms with Gasteiger partial charge in [0.2, 0.25) is 11.5 Å². The predicted octanol–water partition coefficient (Wildman–Crippen LogP) is 8.01. The maximum Gasteiger partial charge on any atom is 0.207 e. The second kappa shape index (κ2) is 14.7. The highest BCUT2D eigenvalue weighted by atomic mass is 33.1. The smallest absolute Gasteiger partial charge is 0.207 e. The summed E-state index contributed by atoms with van der Waals surface area (Å²) in [6.07, 6.45) is 4.61. The molecule has 0 unspecified atom stereocenters. The van der Waals surface area contributed by atoms with E-state index < -0.39 is 11.7 Å². The van der Waals surface area contributed by atoms with Gasteiger partial charge in [-0.3, -0.25) is 0 Å². The molecule has 3 aromatic rings. The Hall–Kier alpha value is -3.12. The van der Waals surface area contributed by atoms with Crippen molar-refractivity contribution in [3.05, 3.63) is 52.6 Å². The number of phenols is 3. The van der Waals surface area contributed by atoms with Gasteiger partial charge >= 0.3 is 0 Å². The molecule has 4 bridgehead atoms. The van der Waals surface area contributed by atoms with E-state index >= 15 is 0 Å². The van der Waals surface area contributed by atoms with Gasteiger partial charge in [0.15, 0.2) is 17.1 Å². The molecule has 9 nitrogen and oxygen atoms in total. The molecule has 6 atom stereocenters. The summed E-state index contributed by atoms with van der Waals surface area (Å²) in [5.41, 5.74) is 3.92. The van der Waals surface area contributed by atoms with Crippen molar-refractivity contribution in [3.8, 4) is 51.4 Å². The molecule has 0 aromatic heterocycles. The molecule has 1 saturated carbocycles. The lowest BCUT2D eigenvalue weighted by Crippen LogP contribution is -2.56. The average Bonchev–Trinajstić information content (AvgIpc) is 3.10. The van der Waals surface area contributed by atoms with E-state index in [9.17, 15) is 25.5 Å². The lowest BCUT2D eigenvalue weighted by Gasteiger charge is -2.53. The number of aliphatic hydroxyl groups excluding tert-OH is 2. The molecule has 0 spiro atoms. The minimum atomic E-state index is -1.39. The summed E-state index contributed by atoms with van der Waals surface area (Å²) < 4.78 is 25.0. The molecule has 1 fully saturated rings. The summed E-state index contributed by atoms with van der Waals surface area (Å²) in [4.78, 5) is 0. The maximum absolute atomic E-state index is 12.8. The first-order valence-corrected chi connectivity index (χ1v) is 20.6. The molecule has 7 rings (SSSR count). The molecular weight excluding hydrogens is 689 g/mol. The van der Waals surface area contributed by atoms with Crippen LogP contribution in [0.2, 0.25) is 0 Å². The summed E-state index contributed by atoms with van der Waals surface area (Å²) in [6.45, 7) is 6.77. The van der Waals surface area contributed by atoms with Gasteiger partial charge in [0.05, 0.1) is 20.3 Å². The second-order valence-corrected chi connectivity index (χ2v) is 17.7. The summed E-state index contributed by atoms with van der Waals surface area (Å²) in [5.74, 6) is 2.51. The third-order valence-corrected chi connectivity index (χ3v) is 14.3. The SMILES string of the molecule is COc1c(O)c(OCCC(C)C)cc([C@@]23CC[C@@H]4SSCC[C@H](C)CC[C@@H]5Cc6c(c(OCCO)cc(c6[C@@H]4[C@H]2O)O3)-c2ccc(O)cc25)c1O. The summed E-state index contributed by atoms with van der Waals surface area (Å²) in [5, 5.41) is 56.2. The number of benzene rings is 3. The van der Waals surface area contributed by atoms with Crippen LogP contribution >= 0.6 is 21.6 Å². The van der Waals surface area contributed by atoms with Crippen molar-refractivity contribution in [1.29, 1.82) is 0 Å². The highest BCUT2D eigenvalue weighted by Crippen LogP contribution is 2.64. The average molecular weight is 739 g/mol. The van der Waals surface area contributed by atoms with Crippen molar-refractivity contribution < 1.29 is 44.5 Å². The zero-order valence-corrected chi connectivity index (χ0v) is 31.4. The minimum Gasteiger partial charge on any atom is -0.508 e. The Labute approximate surface area is 308 Å². The zero-order valence-electron chi connectivity index (χ0n) is 29.8. The second-order valence-electron chi connectivity index (χ2n) is 15.0. The molecular formula is C40H50O9S2. The van der Waals surface area contributed by atoms with Crippen molar-refractivity contribution in [2.75, 3.05) is 32.7 Å². The van der Waals surface area contributed by atoms with Gasteiger partial charge in [0.1, 0.15) is 30.0 Å². The number of aliphatic hydroxyl groups is 2. The molecule has 276 valence electrons. The van der Waals surface area contributed by atoms with Gasteiger partial charge in [-0.2, -0.15) is 0 Å². The Balaban J connectivity index is 1.45. The van der Waals surface area contributed by atoms with E-state index in [4.69, 9.17) is 18.9 Å². The number of hydrogen-bond acceptors (Lipinski definition) is 11. The van der Waals surface area contributed by atoms with Crippen LogP contribution in [0.4, 0.5) is 0 Å². The summed E-state index contributed by atoms with van der Waals surface area (Å²) in [7, 11) is 5.08. The monoisotopic (exact) mass is 738 g/mol. The number of methoxy groups -OCH3 is 1. The topological polar surface area (TPSA) is 138 Å². The van der Waals surface area contributed by atoms with Crippen LogP contribution in [0.5, 0.6) is 40.2 Å². The van der Waals surface area contributed by atoms with Gasteiger partial charge in [-0.15, -0.1) is 0 Å². The first-order chi connectivity index (χ1) is 24.6. The molecule has 2 heterocycles. The van der Waals surface area contributed by atoms with Gasteiger partial charge in [-0.1, -0.05) is 54.8 Å².